The van der Waals surface area contributed by atoms with Crippen LogP contribution in [-0.2, 0) is 9.59 Å². The minimum atomic E-state index is -0.800. The quantitative estimate of drug-likeness (QED) is 0.723. The molecule has 0 aromatic rings. The maximum Gasteiger partial charge on any atom is 0.303 e. The highest BCUT2D eigenvalue weighted by Gasteiger charge is 2.17. The Morgan fingerprint density at radius 1 is 1.69 bits per heavy atom. The Bertz CT molecular complexity index is 253. The number of aliphatic carboxylic acids is 1. The fraction of sp³-hybridized carbons (Fsp3) is 0.600. The van der Waals surface area contributed by atoms with E-state index in [-0.39, 0.29) is 12.2 Å². The third kappa shape index (κ3) is 3.01. The maximum atomic E-state index is 11.0. The predicted octanol–water partition coefficient (Wildman–Crippen LogP) is 1.78. The molecule has 0 heterocycles. The lowest BCUT2D eigenvalue weighted by atomic mass is 9.86. The van der Waals surface area contributed by atoms with Crippen molar-refractivity contribution in [3.63, 3.8) is 0 Å². The third-order valence-electron chi connectivity index (χ3n) is 2.43. The van der Waals surface area contributed by atoms with Gasteiger partial charge >= 0.3 is 5.97 Å². The van der Waals surface area contributed by atoms with E-state index in [2.05, 4.69) is 0 Å². The summed E-state index contributed by atoms with van der Waals surface area (Å²) < 4.78 is 0. The summed E-state index contributed by atoms with van der Waals surface area (Å²) in [6.07, 6.45) is 3.74. The normalized spacial score (nSPS) is 22.7. The van der Waals surface area contributed by atoms with Crippen LogP contribution < -0.4 is 0 Å². The Kier molecular flexibility index (Phi) is 3.23. The molecule has 0 fully saturated rings. The lowest BCUT2D eigenvalue weighted by Crippen LogP contribution is -2.12. The number of allylic oxidation sites excluding steroid dienone is 2. The van der Waals surface area contributed by atoms with Crippen LogP contribution in [0, 0.1) is 5.92 Å². The fourth-order valence-electron chi connectivity index (χ4n) is 1.54. The van der Waals surface area contributed by atoms with Crippen molar-refractivity contribution in [2.24, 2.45) is 5.92 Å². The minimum Gasteiger partial charge on any atom is -0.481 e. The van der Waals surface area contributed by atoms with Gasteiger partial charge in [0.15, 0.2) is 5.78 Å². The number of carboxylic acids is 1. The van der Waals surface area contributed by atoms with Crippen LogP contribution in [0.4, 0.5) is 0 Å². The van der Waals surface area contributed by atoms with Gasteiger partial charge in [0.05, 0.1) is 0 Å². The highest BCUT2D eigenvalue weighted by atomic mass is 16.4. The van der Waals surface area contributed by atoms with Crippen LogP contribution in [-0.4, -0.2) is 16.9 Å². The molecule has 13 heavy (non-hydrogen) atoms. The molecule has 0 bridgehead atoms. The van der Waals surface area contributed by atoms with E-state index < -0.39 is 5.97 Å². The molecule has 1 aliphatic carbocycles. The molecule has 0 aliphatic heterocycles. The first kappa shape index (κ1) is 9.96. The topological polar surface area (TPSA) is 54.4 Å². The van der Waals surface area contributed by atoms with Crippen molar-refractivity contribution < 1.29 is 14.7 Å². The van der Waals surface area contributed by atoms with E-state index in [0.29, 0.717) is 18.8 Å². The van der Waals surface area contributed by atoms with Crippen molar-refractivity contribution in [1.82, 2.24) is 0 Å². The summed E-state index contributed by atoms with van der Waals surface area (Å²) in [4.78, 5) is 21.4. The van der Waals surface area contributed by atoms with Crippen molar-refractivity contribution >= 4 is 11.8 Å². The van der Waals surface area contributed by atoms with Crippen LogP contribution in [0.25, 0.3) is 0 Å². The maximum absolute atomic E-state index is 11.0. The van der Waals surface area contributed by atoms with Crippen LogP contribution >= 0.6 is 0 Å². The second-order valence-corrected chi connectivity index (χ2v) is 3.52. The van der Waals surface area contributed by atoms with Gasteiger partial charge in [-0.2, -0.15) is 0 Å². The first-order chi connectivity index (χ1) is 6.09. The van der Waals surface area contributed by atoms with Crippen LogP contribution in [0.2, 0.25) is 0 Å². The van der Waals surface area contributed by atoms with E-state index in [9.17, 15) is 9.59 Å². The van der Waals surface area contributed by atoms with Gasteiger partial charge in [-0.1, -0.05) is 12.5 Å². The van der Waals surface area contributed by atoms with Gasteiger partial charge in [-0.15, -0.1) is 0 Å². The average molecular weight is 182 g/mol. The summed E-state index contributed by atoms with van der Waals surface area (Å²) in [5, 5.41) is 8.48. The van der Waals surface area contributed by atoms with Crippen molar-refractivity contribution in [3.8, 4) is 0 Å². The third-order valence-corrected chi connectivity index (χ3v) is 2.43. The Morgan fingerprint density at radius 3 is 3.00 bits per heavy atom. The summed E-state index contributed by atoms with van der Waals surface area (Å²) >= 11 is 0. The minimum absolute atomic E-state index is 0.128. The number of carbonyl (C=O) groups is 2. The molecule has 0 saturated carbocycles. The van der Waals surface area contributed by atoms with Gasteiger partial charge < -0.3 is 5.11 Å². The molecule has 1 unspecified atom stereocenters. The predicted molar refractivity (Wildman–Crippen MR) is 48.4 cm³/mol. The molecule has 3 nitrogen and oxygen atoms in total. The van der Waals surface area contributed by atoms with E-state index >= 15 is 0 Å². The number of rotatable bonds is 3. The SMILES string of the molecule is CC1CCC(=O)C=C1CCC(=O)O. The van der Waals surface area contributed by atoms with Gasteiger partial charge in [-0.3, -0.25) is 9.59 Å². The van der Waals surface area contributed by atoms with Crippen molar-refractivity contribution in [2.75, 3.05) is 0 Å². The second kappa shape index (κ2) is 4.21. The smallest absolute Gasteiger partial charge is 0.303 e. The van der Waals surface area contributed by atoms with Crippen molar-refractivity contribution in [1.29, 1.82) is 0 Å². The fourth-order valence-corrected chi connectivity index (χ4v) is 1.54. The summed E-state index contributed by atoms with van der Waals surface area (Å²) in [7, 11) is 0. The van der Waals surface area contributed by atoms with E-state index in [0.717, 1.165) is 12.0 Å². The zero-order valence-electron chi connectivity index (χ0n) is 7.75. The van der Waals surface area contributed by atoms with Gasteiger partial charge in [0, 0.05) is 12.8 Å². The Morgan fingerprint density at radius 2 is 2.38 bits per heavy atom. The molecule has 1 atom stereocenters. The van der Waals surface area contributed by atoms with Crippen molar-refractivity contribution in [3.05, 3.63) is 11.6 Å². The van der Waals surface area contributed by atoms with Crippen LogP contribution in [0.3, 0.4) is 0 Å². The highest BCUT2D eigenvalue weighted by molar-refractivity contribution is 5.91. The Hall–Kier alpha value is -1.12. The molecule has 3 heteroatoms. The molecular formula is C10H14O3. The number of ketones is 1. The zero-order valence-corrected chi connectivity index (χ0v) is 7.75. The van der Waals surface area contributed by atoms with E-state index in [1.54, 1.807) is 6.08 Å². The molecule has 72 valence electrons. The molecule has 0 radical (unpaired) electrons. The van der Waals surface area contributed by atoms with Gasteiger partial charge in [0.1, 0.15) is 0 Å². The Labute approximate surface area is 77.4 Å². The lowest BCUT2D eigenvalue weighted by molar-refractivity contribution is -0.137. The van der Waals surface area contributed by atoms with Crippen LogP contribution in [0.1, 0.15) is 32.6 Å². The standard InChI is InChI=1S/C10H14O3/c1-7-2-4-9(11)6-8(7)3-5-10(12)13/h6-7H,2-5H2,1H3,(H,12,13). The second-order valence-electron chi connectivity index (χ2n) is 3.52. The number of carbonyl (C=O) groups excluding carboxylic acids is 1. The van der Waals surface area contributed by atoms with E-state index in [4.69, 9.17) is 5.11 Å². The van der Waals surface area contributed by atoms with Crippen molar-refractivity contribution in [2.45, 2.75) is 32.6 Å². The van der Waals surface area contributed by atoms with Gasteiger partial charge in [0.25, 0.3) is 0 Å². The monoisotopic (exact) mass is 182 g/mol. The first-order valence-corrected chi connectivity index (χ1v) is 4.54. The highest BCUT2D eigenvalue weighted by Crippen LogP contribution is 2.25. The zero-order chi connectivity index (χ0) is 9.84. The summed E-state index contributed by atoms with van der Waals surface area (Å²) in [5.41, 5.74) is 0.999. The average Bonchev–Trinajstić information content (AvgIpc) is 2.06. The number of hydrogen-bond acceptors (Lipinski definition) is 2. The van der Waals surface area contributed by atoms with Gasteiger partial charge in [0.2, 0.25) is 0 Å². The van der Waals surface area contributed by atoms with Gasteiger partial charge in [-0.25, -0.2) is 0 Å². The Balaban J connectivity index is 2.55. The van der Waals surface area contributed by atoms with E-state index in [1.165, 1.54) is 0 Å². The largest absolute Gasteiger partial charge is 0.481 e. The molecule has 0 spiro atoms. The molecule has 0 amide bonds. The molecule has 0 aromatic carbocycles. The molecule has 1 N–H and O–H groups in total. The molecular weight excluding hydrogens is 168 g/mol. The summed E-state index contributed by atoms with van der Waals surface area (Å²) in [5.74, 6) is -0.290. The molecule has 0 saturated heterocycles. The molecule has 0 aromatic heterocycles. The summed E-state index contributed by atoms with van der Waals surface area (Å²) in [6.45, 7) is 2.04. The van der Waals surface area contributed by atoms with E-state index in [1.807, 2.05) is 6.92 Å². The number of hydrogen-bond donors (Lipinski definition) is 1. The molecule has 1 aliphatic rings. The first-order valence-electron chi connectivity index (χ1n) is 4.54. The van der Waals surface area contributed by atoms with Crippen LogP contribution in [0.5, 0.6) is 0 Å². The van der Waals surface area contributed by atoms with Crippen LogP contribution in [0.15, 0.2) is 11.6 Å². The summed E-state index contributed by atoms with van der Waals surface area (Å²) in [6, 6.07) is 0. The number of carboxylic acid groups (broad SMARTS) is 1. The lowest BCUT2D eigenvalue weighted by Gasteiger charge is -2.18. The molecule has 1 rings (SSSR count). The van der Waals surface area contributed by atoms with Gasteiger partial charge in [-0.05, 0) is 24.8 Å².